The maximum Gasteiger partial charge on any atom is 0.408 e. The summed E-state index contributed by atoms with van der Waals surface area (Å²) in [7, 11) is 0. The molecule has 0 atom stereocenters. The van der Waals surface area contributed by atoms with E-state index in [0.29, 0.717) is 0 Å². The fourth-order valence-electron chi connectivity index (χ4n) is 1.57. The Morgan fingerprint density at radius 2 is 1.76 bits per heavy atom. The van der Waals surface area contributed by atoms with Gasteiger partial charge in [0.2, 0.25) is 0 Å². The molecule has 1 amide bonds. The Kier molecular flexibility index (Phi) is 7.27. The summed E-state index contributed by atoms with van der Waals surface area (Å²) in [4.78, 5) is 11.5. The summed E-state index contributed by atoms with van der Waals surface area (Å²) in [5.74, 6) is 5.98. The Hall–Kier alpha value is -0.990. The predicted molar refractivity (Wildman–Crippen MR) is 92.8 cm³/mol. The summed E-state index contributed by atoms with van der Waals surface area (Å²) in [6.07, 6.45) is -0.452. The van der Waals surface area contributed by atoms with E-state index in [-0.39, 0.29) is 6.54 Å². The van der Waals surface area contributed by atoms with Gasteiger partial charge in [-0.2, -0.15) is 0 Å². The molecule has 0 fully saturated rings. The number of alkyl carbamates (subject to hydrolysis) is 1. The zero-order valence-electron chi connectivity index (χ0n) is 12.4. The van der Waals surface area contributed by atoms with E-state index in [2.05, 4.69) is 55.1 Å². The summed E-state index contributed by atoms with van der Waals surface area (Å²) in [5.41, 5.74) is 2.80. The fourth-order valence-corrected chi connectivity index (χ4v) is 2.21. The van der Waals surface area contributed by atoms with Crippen molar-refractivity contribution in [3.8, 4) is 11.8 Å². The molecule has 21 heavy (non-hydrogen) atoms. The van der Waals surface area contributed by atoms with Crippen molar-refractivity contribution < 1.29 is 9.53 Å². The first kappa shape index (κ1) is 18.1. The molecule has 3 nitrogen and oxygen atoms in total. The maximum atomic E-state index is 11.5. The third kappa shape index (κ3) is 7.54. The van der Waals surface area contributed by atoms with Crippen LogP contribution in [0.3, 0.4) is 0 Å². The molecular formula is C16H19Br2NO2. The zero-order valence-corrected chi connectivity index (χ0v) is 15.6. The molecule has 0 heterocycles. The number of ether oxygens (including phenoxy) is 1. The van der Waals surface area contributed by atoms with Gasteiger partial charge in [0.15, 0.2) is 0 Å². The van der Waals surface area contributed by atoms with Crippen molar-refractivity contribution in [1.29, 1.82) is 0 Å². The number of carbonyl (C=O) groups excluding carboxylic acids is 1. The molecule has 0 radical (unpaired) electrons. The van der Waals surface area contributed by atoms with Gasteiger partial charge >= 0.3 is 6.09 Å². The number of amides is 1. The molecule has 0 aliphatic rings. The lowest BCUT2D eigenvalue weighted by molar-refractivity contribution is 0.0535. The smallest absolute Gasteiger partial charge is 0.408 e. The van der Waals surface area contributed by atoms with E-state index in [1.165, 1.54) is 11.1 Å². The number of nitrogens with one attached hydrogen (secondary N) is 1. The Bertz CT molecular complexity index is 531. The van der Waals surface area contributed by atoms with Crippen LogP contribution in [0.15, 0.2) is 18.2 Å². The molecule has 0 aliphatic heterocycles. The van der Waals surface area contributed by atoms with Crippen molar-refractivity contribution in [2.75, 3.05) is 6.54 Å². The number of carbonyl (C=O) groups is 1. The van der Waals surface area contributed by atoms with Gasteiger partial charge in [0, 0.05) is 16.2 Å². The van der Waals surface area contributed by atoms with Crippen LogP contribution in [0.25, 0.3) is 0 Å². The van der Waals surface area contributed by atoms with Crippen molar-refractivity contribution in [2.45, 2.75) is 37.0 Å². The van der Waals surface area contributed by atoms with Gasteiger partial charge in [-0.3, -0.25) is 0 Å². The summed E-state index contributed by atoms with van der Waals surface area (Å²) >= 11 is 6.89. The van der Waals surface area contributed by atoms with Gasteiger partial charge in [-0.05, 0) is 44.0 Å². The number of hydrogen-bond donors (Lipinski definition) is 1. The Labute approximate surface area is 143 Å². The van der Waals surface area contributed by atoms with Crippen molar-refractivity contribution >= 4 is 38.0 Å². The average molecular weight is 417 g/mol. The third-order valence-electron chi connectivity index (χ3n) is 2.31. The number of benzene rings is 1. The molecular weight excluding hydrogens is 398 g/mol. The van der Waals surface area contributed by atoms with Gasteiger partial charge < -0.3 is 10.1 Å². The lowest BCUT2D eigenvalue weighted by Gasteiger charge is -2.19. The average Bonchev–Trinajstić information content (AvgIpc) is 2.41. The highest BCUT2D eigenvalue weighted by Crippen LogP contribution is 2.15. The Balaban J connectivity index is 2.61. The largest absolute Gasteiger partial charge is 0.444 e. The van der Waals surface area contributed by atoms with Gasteiger partial charge in [0.1, 0.15) is 5.60 Å². The number of alkyl halides is 2. The minimum absolute atomic E-state index is 0.261. The summed E-state index contributed by atoms with van der Waals surface area (Å²) < 4.78 is 5.13. The molecule has 1 aromatic carbocycles. The van der Waals surface area contributed by atoms with E-state index in [0.717, 1.165) is 16.2 Å². The normalized spacial score (nSPS) is 10.5. The summed E-state index contributed by atoms with van der Waals surface area (Å²) in [6, 6.07) is 6.18. The van der Waals surface area contributed by atoms with Crippen LogP contribution in [0, 0.1) is 11.8 Å². The molecule has 0 aliphatic carbocycles. The van der Waals surface area contributed by atoms with Gasteiger partial charge in [0.05, 0.1) is 6.54 Å². The van der Waals surface area contributed by atoms with Crippen LogP contribution in [-0.4, -0.2) is 18.2 Å². The van der Waals surface area contributed by atoms with Crippen molar-refractivity contribution in [3.63, 3.8) is 0 Å². The van der Waals surface area contributed by atoms with Crippen molar-refractivity contribution in [3.05, 3.63) is 34.9 Å². The van der Waals surface area contributed by atoms with Crippen molar-refractivity contribution in [1.82, 2.24) is 5.32 Å². The summed E-state index contributed by atoms with van der Waals surface area (Å²) in [6.45, 7) is 5.74. The van der Waals surface area contributed by atoms with Crippen molar-refractivity contribution in [2.24, 2.45) is 0 Å². The molecule has 0 saturated carbocycles. The van der Waals surface area contributed by atoms with Crippen LogP contribution < -0.4 is 5.32 Å². The standard InChI is InChI=1S/C16H19Br2NO2/c1-16(2,3)21-15(20)19-6-4-5-12-7-13(10-17)9-14(8-12)11-18/h7-9H,6,10-11H2,1-3H3,(H,19,20). The first-order valence-electron chi connectivity index (χ1n) is 6.54. The SMILES string of the molecule is CC(C)(C)OC(=O)NCC#Cc1cc(CBr)cc(CBr)c1. The zero-order chi connectivity index (χ0) is 15.9. The summed E-state index contributed by atoms with van der Waals surface area (Å²) in [5, 5.41) is 4.19. The van der Waals surface area contributed by atoms with Crippen LogP contribution in [0.1, 0.15) is 37.5 Å². The van der Waals surface area contributed by atoms with Gasteiger partial charge in [-0.25, -0.2) is 4.79 Å². The number of rotatable bonds is 3. The molecule has 0 unspecified atom stereocenters. The van der Waals surface area contributed by atoms with Crippen LogP contribution in [-0.2, 0) is 15.4 Å². The minimum atomic E-state index is -0.494. The van der Waals surface area contributed by atoms with Gasteiger partial charge in [0.25, 0.3) is 0 Å². The van der Waals surface area contributed by atoms with E-state index in [1.54, 1.807) is 0 Å². The Morgan fingerprint density at radius 3 is 2.24 bits per heavy atom. The molecule has 114 valence electrons. The predicted octanol–water partition coefficient (Wildman–Crippen LogP) is 4.35. The second-order valence-corrected chi connectivity index (χ2v) is 6.58. The van der Waals surface area contributed by atoms with E-state index in [1.807, 2.05) is 32.9 Å². The fraction of sp³-hybridized carbons (Fsp3) is 0.438. The first-order valence-corrected chi connectivity index (χ1v) is 8.79. The molecule has 1 N–H and O–H groups in total. The highest BCUT2D eigenvalue weighted by Gasteiger charge is 2.14. The van der Waals surface area contributed by atoms with Gasteiger partial charge in [-0.1, -0.05) is 49.8 Å². The highest BCUT2D eigenvalue weighted by atomic mass is 79.9. The Morgan fingerprint density at radius 1 is 1.19 bits per heavy atom. The maximum absolute atomic E-state index is 11.5. The second kappa shape index (κ2) is 8.45. The quantitative estimate of drug-likeness (QED) is 0.587. The van der Waals surface area contributed by atoms with Crippen LogP contribution in [0.4, 0.5) is 4.79 Å². The first-order chi connectivity index (χ1) is 9.84. The molecule has 0 saturated heterocycles. The van der Waals surface area contributed by atoms with Crippen LogP contribution in [0.5, 0.6) is 0 Å². The topological polar surface area (TPSA) is 38.3 Å². The molecule has 1 rings (SSSR count). The van der Waals surface area contributed by atoms with E-state index >= 15 is 0 Å². The van der Waals surface area contributed by atoms with Gasteiger partial charge in [-0.15, -0.1) is 0 Å². The number of hydrogen-bond acceptors (Lipinski definition) is 2. The van der Waals surface area contributed by atoms with Crippen LogP contribution in [0.2, 0.25) is 0 Å². The van der Waals surface area contributed by atoms with E-state index < -0.39 is 11.7 Å². The van der Waals surface area contributed by atoms with E-state index in [9.17, 15) is 4.79 Å². The molecule has 5 heteroatoms. The molecule has 0 aromatic heterocycles. The third-order valence-corrected chi connectivity index (χ3v) is 3.61. The lowest BCUT2D eigenvalue weighted by Crippen LogP contribution is -2.32. The monoisotopic (exact) mass is 415 g/mol. The number of halogens is 2. The molecule has 0 spiro atoms. The minimum Gasteiger partial charge on any atom is -0.444 e. The lowest BCUT2D eigenvalue weighted by atomic mass is 10.1. The highest BCUT2D eigenvalue weighted by molar-refractivity contribution is 9.08. The second-order valence-electron chi connectivity index (χ2n) is 5.46. The molecule has 0 bridgehead atoms. The molecule has 1 aromatic rings. The van der Waals surface area contributed by atoms with Crippen LogP contribution >= 0.6 is 31.9 Å². The van der Waals surface area contributed by atoms with E-state index in [4.69, 9.17) is 4.74 Å².